The summed E-state index contributed by atoms with van der Waals surface area (Å²) in [5.74, 6) is 2.64. The highest BCUT2D eigenvalue weighted by atomic mass is 16.1. The van der Waals surface area contributed by atoms with Crippen LogP contribution in [0.25, 0.3) is 0 Å². The quantitative estimate of drug-likeness (QED) is 0.746. The second-order valence-corrected chi connectivity index (χ2v) is 6.52. The number of nitrogens with zero attached hydrogens (tertiary/aromatic N) is 3. The molecule has 1 N–H and O–H groups in total. The van der Waals surface area contributed by atoms with Crippen molar-refractivity contribution >= 4 is 11.6 Å². The zero-order valence-corrected chi connectivity index (χ0v) is 14.0. The van der Waals surface area contributed by atoms with E-state index in [9.17, 15) is 4.79 Å². The first kappa shape index (κ1) is 16.5. The molecule has 0 aliphatic carbocycles. The van der Waals surface area contributed by atoms with Gasteiger partial charge in [0.2, 0.25) is 5.91 Å². The molecular formula is C19H24N4O. The van der Waals surface area contributed by atoms with Crippen molar-refractivity contribution in [2.45, 2.75) is 50.7 Å². The van der Waals surface area contributed by atoms with Crippen molar-refractivity contribution in [3.8, 4) is 12.3 Å². The number of hydrogen-bond donors (Lipinski definition) is 1. The van der Waals surface area contributed by atoms with E-state index in [0.29, 0.717) is 25.8 Å². The molecule has 0 saturated carbocycles. The third kappa shape index (κ3) is 4.35. The number of terminal acetylenes is 1. The molecule has 1 aromatic rings. The van der Waals surface area contributed by atoms with Crippen LogP contribution in [-0.4, -0.2) is 24.7 Å². The van der Waals surface area contributed by atoms with Gasteiger partial charge in [-0.1, -0.05) is 12.1 Å². The van der Waals surface area contributed by atoms with Gasteiger partial charge in [0.25, 0.3) is 0 Å². The van der Waals surface area contributed by atoms with Crippen molar-refractivity contribution in [2.24, 2.45) is 10.2 Å². The van der Waals surface area contributed by atoms with Gasteiger partial charge < -0.3 is 10.2 Å². The summed E-state index contributed by atoms with van der Waals surface area (Å²) in [6.07, 6.45) is 10.3. The summed E-state index contributed by atoms with van der Waals surface area (Å²) >= 11 is 0. The average Bonchev–Trinajstić information content (AvgIpc) is 3.17. The van der Waals surface area contributed by atoms with Crippen molar-refractivity contribution < 1.29 is 4.79 Å². The van der Waals surface area contributed by atoms with E-state index in [-0.39, 0.29) is 11.6 Å². The highest BCUT2D eigenvalue weighted by Gasteiger charge is 2.39. The van der Waals surface area contributed by atoms with Gasteiger partial charge in [0.05, 0.1) is 0 Å². The van der Waals surface area contributed by atoms with Crippen LogP contribution >= 0.6 is 0 Å². The van der Waals surface area contributed by atoms with Gasteiger partial charge in [0, 0.05) is 51.0 Å². The molecule has 0 bridgehead atoms. The number of amides is 1. The van der Waals surface area contributed by atoms with Crippen molar-refractivity contribution in [3.63, 3.8) is 0 Å². The monoisotopic (exact) mass is 324 g/mol. The molecule has 5 heteroatoms. The SMILES string of the molecule is C#CCCC1(CCC(=O)NCc2ccc(N3CCCC3)cc2)N=N1. The minimum absolute atomic E-state index is 0.0380. The second-order valence-electron chi connectivity index (χ2n) is 6.52. The highest BCUT2D eigenvalue weighted by molar-refractivity contribution is 5.76. The molecule has 0 atom stereocenters. The first-order valence-corrected chi connectivity index (χ1v) is 8.69. The van der Waals surface area contributed by atoms with Crippen LogP contribution in [0.2, 0.25) is 0 Å². The van der Waals surface area contributed by atoms with Gasteiger partial charge in [-0.05, 0) is 30.5 Å². The van der Waals surface area contributed by atoms with Crippen LogP contribution in [0.4, 0.5) is 5.69 Å². The number of carbonyl (C=O) groups excluding carboxylic acids is 1. The number of hydrogen-bond acceptors (Lipinski definition) is 4. The predicted molar refractivity (Wildman–Crippen MR) is 94.6 cm³/mol. The Morgan fingerprint density at radius 2 is 1.92 bits per heavy atom. The van der Waals surface area contributed by atoms with Gasteiger partial charge in [-0.15, -0.1) is 12.3 Å². The standard InChI is InChI=1S/C19H24N4O/c1-2-3-11-19(21-22-19)12-10-18(24)20-15-16-6-8-17(9-7-16)23-13-4-5-14-23/h1,6-9H,3-5,10-15H2,(H,20,24). The van der Waals surface area contributed by atoms with Crippen LogP contribution in [0.5, 0.6) is 0 Å². The van der Waals surface area contributed by atoms with Crippen LogP contribution in [-0.2, 0) is 11.3 Å². The van der Waals surface area contributed by atoms with Crippen molar-refractivity contribution in [2.75, 3.05) is 18.0 Å². The smallest absolute Gasteiger partial charge is 0.220 e. The molecule has 5 nitrogen and oxygen atoms in total. The Morgan fingerprint density at radius 1 is 1.21 bits per heavy atom. The maximum Gasteiger partial charge on any atom is 0.220 e. The summed E-state index contributed by atoms with van der Waals surface area (Å²) in [6.45, 7) is 2.85. The van der Waals surface area contributed by atoms with Crippen LogP contribution in [0, 0.1) is 12.3 Å². The molecule has 2 heterocycles. The second kappa shape index (κ2) is 7.48. The van der Waals surface area contributed by atoms with E-state index in [4.69, 9.17) is 6.42 Å². The Morgan fingerprint density at radius 3 is 2.54 bits per heavy atom. The van der Waals surface area contributed by atoms with E-state index in [1.165, 1.54) is 18.5 Å². The number of carbonyl (C=O) groups is 1. The lowest BCUT2D eigenvalue weighted by Crippen LogP contribution is -2.25. The number of anilines is 1. The van der Waals surface area contributed by atoms with Crippen LogP contribution in [0.1, 0.15) is 44.1 Å². The van der Waals surface area contributed by atoms with Crippen LogP contribution < -0.4 is 10.2 Å². The lowest BCUT2D eigenvalue weighted by atomic mass is 10.0. The molecule has 2 aliphatic heterocycles. The molecular weight excluding hydrogens is 300 g/mol. The third-order valence-electron chi connectivity index (χ3n) is 4.70. The van der Waals surface area contributed by atoms with E-state index in [0.717, 1.165) is 25.1 Å². The van der Waals surface area contributed by atoms with Gasteiger partial charge in [0.1, 0.15) is 0 Å². The van der Waals surface area contributed by atoms with Crippen molar-refractivity contribution in [3.05, 3.63) is 29.8 Å². The fourth-order valence-corrected chi connectivity index (χ4v) is 3.07. The van der Waals surface area contributed by atoms with Crippen LogP contribution in [0.15, 0.2) is 34.5 Å². The molecule has 126 valence electrons. The molecule has 1 saturated heterocycles. The summed E-state index contributed by atoms with van der Waals surface area (Å²) in [6, 6.07) is 8.47. The van der Waals surface area contributed by atoms with E-state index < -0.39 is 0 Å². The molecule has 3 rings (SSSR count). The molecule has 0 spiro atoms. The van der Waals surface area contributed by atoms with Crippen molar-refractivity contribution in [1.29, 1.82) is 0 Å². The zero-order valence-electron chi connectivity index (χ0n) is 14.0. The van der Waals surface area contributed by atoms with Gasteiger partial charge >= 0.3 is 0 Å². The summed E-state index contributed by atoms with van der Waals surface area (Å²) in [5, 5.41) is 11.1. The number of nitrogens with one attached hydrogen (secondary N) is 1. The maximum absolute atomic E-state index is 12.0. The summed E-state index contributed by atoms with van der Waals surface area (Å²) in [5.41, 5.74) is 2.02. The van der Waals surface area contributed by atoms with E-state index in [1.807, 2.05) is 0 Å². The lowest BCUT2D eigenvalue weighted by Gasteiger charge is -2.17. The van der Waals surface area contributed by atoms with E-state index >= 15 is 0 Å². The molecule has 0 radical (unpaired) electrons. The zero-order chi connectivity index (χ0) is 16.8. The molecule has 1 fully saturated rings. The largest absolute Gasteiger partial charge is 0.372 e. The van der Waals surface area contributed by atoms with Gasteiger partial charge in [-0.2, -0.15) is 10.2 Å². The molecule has 1 amide bonds. The van der Waals surface area contributed by atoms with E-state index in [2.05, 4.69) is 50.6 Å². The highest BCUT2D eigenvalue weighted by Crippen LogP contribution is 2.37. The van der Waals surface area contributed by atoms with Gasteiger partial charge in [-0.3, -0.25) is 4.79 Å². The lowest BCUT2D eigenvalue weighted by molar-refractivity contribution is -0.121. The summed E-state index contributed by atoms with van der Waals surface area (Å²) in [4.78, 5) is 14.4. The maximum atomic E-state index is 12.0. The average molecular weight is 324 g/mol. The normalized spacial score (nSPS) is 17.5. The Bertz CT molecular complexity index is 632. The summed E-state index contributed by atoms with van der Waals surface area (Å²) in [7, 11) is 0. The minimum Gasteiger partial charge on any atom is -0.372 e. The van der Waals surface area contributed by atoms with Crippen LogP contribution in [0.3, 0.4) is 0 Å². The fourth-order valence-electron chi connectivity index (χ4n) is 3.07. The number of rotatable bonds is 8. The Kier molecular flexibility index (Phi) is 5.14. The molecule has 24 heavy (non-hydrogen) atoms. The van der Waals surface area contributed by atoms with Crippen molar-refractivity contribution in [1.82, 2.24) is 5.32 Å². The Balaban J connectivity index is 1.39. The topological polar surface area (TPSA) is 57.1 Å². The third-order valence-corrected chi connectivity index (χ3v) is 4.70. The molecule has 0 unspecified atom stereocenters. The number of benzene rings is 1. The summed E-state index contributed by atoms with van der Waals surface area (Å²) < 4.78 is 0. The van der Waals surface area contributed by atoms with Gasteiger partial charge in [0.15, 0.2) is 5.66 Å². The Labute approximate surface area is 143 Å². The van der Waals surface area contributed by atoms with Gasteiger partial charge in [-0.25, -0.2) is 0 Å². The Hall–Kier alpha value is -2.35. The molecule has 0 aromatic heterocycles. The minimum atomic E-state index is -0.374. The predicted octanol–water partition coefficient (Wildman–Crippen LogP) is 3.26. The first-order valence-electron chi connectivity index (χ1n) is 8.69. The molecule has 1 aromatic carbocycles. The molecule has 2 aliphatic rings. The first-order chi connectivity index (χ1) is 11.7. The van der Waals surface area contributed by atoms with E-state index in [1.54, 1.807) is 0 Å². The fraction of sp³-hybridized carbons (Fsp3) is 0.526.